The molecule has 0 atom stereocenters. The summed E-state index contributed by atoms with van der Waals surface area (Å²) in [5.41, 5.74) is 0.340. The van der Waals surface area contributed by atoms with Gasteiger partial charge < -0.3 is 15.5 Å². The molecule has 2 amide bonds. The molecule has 1 fully saturated rings. The van der Waals surface area contributed by atoms with Crippen LogP contribution in [0.3, 0.4) is 0 Å². The molecule has 2 N–H and O–H groups in total. The molecule has 7 heteroatoms. The minimum atomic E-state index is -0.688. The van der Waals surface area contributed by atoms with Gasteiger partial charge in [0, 0.05) is 32.4 Å². The van der Waals surface area contributed by atoms with Gasteiger partial charge in [0.15, 0.2) is 5.15 Å². The van der Waals surface area contributed by atoms with E-state index in [1.54, 1.807) is 12.1 Å². The van der Waals surface area contributed by atoms with Gasteiger partial charge in [0.05, 0.1) is 5.69 Å². The first kappa shape index (κ1) is 12.8. The maximum absolute atomic E-state index is 11.8. The van der Waals surface area contributed by atoms with Gasteiger partial charge >= 0.3 is 11.8 Å². The second-order valence-electron chi connectivity index (χ2n) is 3.84. The van der Waals surface area contributed by atoms with Crippen LogP contribution in [0.2, 0.25) is 5.15 Å². The molecule has 1 aromatic heterocycles. The molecule has 1 saturated heterocycles. The Morgan fingerprint density at radius 2 is 2.11 bits per heavy atom. The van der Waals surface area contributed by atoms with E-state index in [4.69, 9.17) is 11.6 Å². The van der Waals surface area contributed by atoms with Crippen LogP contribution in [0.25, 0.3) is 0 Å². The van der Waals surface area contributed by atoms with Gasteiger partial charge in [0.2, 0.25) is 0 Å². The van der Waals surface area contributed by atoms with Crippen LogP contribution in [0.1, 0.15) is 0 Å². The number of carbonyl (C=O) groups excluding carboxylic acids is 2. The number of anilines is 1. The van der Waals surface area contributed by atoms with E-state index in [0.29, 0.717) is 31.9 Å². The normalized spacial score (nSPS) is 15.3. The van der Waals surface area contributed by atoms with Gasteiger partial charge in [-0.3, -0.25) is 9.59 Å². The average molecular weight is 269 g/mol. The number of hydrogen-bond acceptors (Lipinski definition) is 4. The maximum atomic E-state index is 11.8. The third kappa shape index (κ3) is 2.96. The van der Waals surface area contributed by atoms with E-state index in [1.807, 2.05) is 0 Å². The fraction of sp³-hybridized carbons (Fsp3) is 0.364. The molecule has 0 radical (unpaired) electrons. The van der Waals surface area contributed by atoms with Crippen molar-refractivity contribution in [2.75, 3.05) is 31.5 Å². The molecule has 0 spiro atoms. The monoisotopic (exact) mass is 268 g/mol. The molecule has 0 aromatic carbocycles. The average Bonchev–Trinajstić information content (AvgIpc) is 2.41. The Balaban J connectivity index is 1.99. The number of hydrogen-bond donors (Lipinski definition) is 2. The topological polar surface area (TPSA) is 74.3 Å². The van der Waals surface area contributed by atoms with E-state index in [9.17, 15) is 9.59 Å². The van der Waals surface area contributed by atoms with Crippen molar-refractivity contribution >= 4 is 29.1 Å². The predicted molar refractivity (Wildman–Crippen MR) is 67.3 cm³/mol. The highest BCUT2D eigenvalue weighted by molar-refractivity contribution is 6.41. The Bertz CT molecular complexity index is 460. The van der Waals surface area contributed by atoms with Crippen molar-refractivity contribution in [2.45, 2.75) is 0 Å². The van der Waals surface area contributed by atoms with Crippen LogP contribution in [-0.2, 0) is 9.59 Å². The molecule has 1 aliphatic heterocycles. The molecule has 2 heterocycles. The lowest BCUT2D eigenvalue weighted by molar-refractivity contribution is -0.143. The zero-order valence-corrected chi connectivity index (χ0v) is 10.4. The lowest BCUT2D eigenvalue weighted by atomic mass is 10.3. The van der Waals surface area contributed by atoms with Crippen molar-refractivity contribution in [1.82, 2.24) is 15.2 Å². The summed E-state index contributed by atoms with van der Waals surface area (Å²) in [6.45, 7) is 2.47. The molecule has 0 bridgehead atoms. The van der Waals surface area contributed by atoms with Crippen LogP contribution < -0.4 is 10.6 Å². The first-order valence-electron chi connectivity index (χ1n) is 5.60. The highest BCUT2D eigenvalue weighted by Crippen LogP contribution is 2.17. The predicted octanol–water partition coefficient (Wildman–Crippen LogP) is 0.105. The first-order valence-corrected chi connectivity index (χ1v) is 5.98. The van der Waals surface area contributed by atoms with Crippen molar-refractivity contribution in [3.63, 3.8) is 0 Å². The van der Waals surface area contributed by atoms with Gasteiger partial charge in [-0.2, -0.15) is 0 Å². The van der Waals surface area contributed by atoms with E-state index in [0.717, 1.165) is 0 Å². The Kier molecular flexibility index (Phi) is 4.11. The standard InChI is InChI=1S/C11H13ClN4O2/c12-9-8(2-1-3-14-9)15-10(17)11(18)16-6-4-13-5-7-16/h1-3,13H,4-7H2,(H,15,17). The maximum Gasteiger partial charge on any atom is 0.313 e. The Hall–Kier alpha value is -1.66. The highest BCUT2D eigenvalue weighted by atomic mass is 35.5. The van der Waals surface area contributed by atoms with Gasteiger partial charge in [-0.15, -0.1) is 0 Å². The number of pyridine rings is 1. The van der Waals surface area contributed by atoms with Crippen LogP contribution in [0.15, 0.2) is 18.3 Å². The Labute approximate surface area is 109 Å². The highest BCUT2D eigenvalue weighted by Gasteiger charge is 2.23. The molecule has 0 unspecified atom stereocenters. The van der Waals surface area contributed by atoms with E-state index in [1.165, 1.54) is 11.1 Å². The molecule has 0 saturated carbocycles. The minimum absolute atomic E-state index is 0.166. The third-order valence-electron chi connectivity index (χ3n) is 2.61. The molecular formula is C11H13ClN4O2. The molecule has 1 aromatic rings. The Morgan fingerprint density at radius 1 is 1.39 bits per heavy atom. The summed E-state index contributed by atoms with van der Waals surface area (Å²) in [4.78, 5) is 28.9. The molecule has 1 aliphatic rings. The minimum Gasteiger partial charge on any atom is -0.332 e. The van der Waals surface area contributed by atoms with Crippen LogP contribution >= 0.6 is 11.6 Å². The summed E-state index contributed by atoms with van der Waals surface area (Å²) in [6.07, 6.45) is 1.51. The molecule has 6 nitrogen and oxygen atoms in total. The number of carbonyl (C=O) groups is 2. The molecule has 18 heavy (non-hydrogen) atoms. The fourth-order valence-electron chi connectivity index (χ4n) is 1.67. The first-order chi connectivity index (χ1) is 8.68. The van der Waals surface area contributed by atoms with Gasteiger partial charge in [-0.25, -0.2) is 4.98 Å². The number of amides is 2. The second-order valence-corrected chi connectivity index (χ2v) is 4.20. The fourth-order valence-corrected chi connectivity index (χ4v) is 1.83. The van der Waals surface area contributed by atoms with Crippen molar-refractivity contribution in [2.24, 2.45) is 0 Å². The van der Waals surface area contributed by atoms with Crippen LogP contribution in [0.4, 0.5) is 5.69 Å². The second kappa shape index (κ2) is 5.79. The summed E-state index contributed by atoms with van der Waals surface area (Å²) >= 11 is 5.80. The van der Waals surface area contributed by atoms with Crippen LogP contribution in [0, 0.1) is 0 Å². The third-order valence-corrected chi connectivity index (χ3v) is 2.91. The van der Waals surface area contributed by atoms with Gasteiger partial charge in [-0.1, -0.05) is 11.6 Å². The summed E-state index contributed by atoms with van der Waals surface area (Å²) in [5, 5.41) is 5.74. The van der Waals surface area contributed by atoms with E-state index >= 15 is 0 Å². The van der Waals surface area contributed by atoms with Crippen LogP contribution in [-0.4, -0.2) is 47.9 Å². The number of halogens is 1. The number of nitrogens with zero attached hydrogens (tertiary/aromatic N) is 2. The molecular weight excluding hydrogens is 256 g/mol. The van der Waals surface area contributed by atoms with Crippen molar-refractivity contribution in [3.05, 3.63) is 23.5 Å². The summed E-state index contributed by atoms with van der Waals surface area (Å²) in [5.74, 6) is -1.23. The number of rotatable bonds is 1. The quantitative estimate of drug-likeness (QED) is 0.560. The van der Waals surface area contributed by atoms with Crippen molar-refractivity contribution in [3.8, 4) is 0 Å². The van der Waals surface area contributed by atoms with Crippen molar-refractivity contribution in [1.29, 1.82) is 0 Å². The largest absolute Gasteiger partial charge is 0.332 e. The smallest absolute Gasteiger partial charge is 0.313 e. The van der Waals surface area contributed by atoms with E-state index < -0.39 is 11.8 Å². The van der Waals surface area contributed by atoms with Gasteiger partial charge in [-0.05, 0) is 12.1 Å². The lowest BCUT2D eigenvalue weighted by Crippen LogP contribution is -2.49. The lowest BCUT2D eigenvalue weighted by Gasteiger charge is -2.26. The Morgan fingerprint density at radius 3 is 2.78 bits per heavy atom. The van der Waals surface area contributed by atoms with Crippen molar-refractivity contribution < 1.29 is 9.59 Å². The van der Waals surface area contributed by atoms with E-state index in [2.05, 4.69) is 15.6 Å². The van der Waals surface area contributed by atoms with Gasteiger partial charge in [0.25, 0.3) is 0 Å². The summed E-state index contributed by atoms with van der Waals surface area (Å²) in [7, 11) is 0. The molecule has 2 rings (SSSR count). The molecule has 96 valence electrons. The number of piperazine rings is 1. The summed E-state index contributed by atoms with van der Waals surface area (Å²) in [6, 6.07) is 3.23. The number of aromatic nitrogens is 1. The number of nitrogens with one attached hydrogen (secondary N) is 2. The van der Waals surface area contributed by atoms with Crippen LogP contribution in [0.5, 0.6) is 0 Å². The zero-order chi connectivity index (χ0) is 13.0. The molecule has 0 aliphatic carbocycles. The van der Waals surface area contributed by atoms with E-state index in [-0.39, 0.29) is 5.15 Å². The zero-order valence-electron chi connectivity index (χ0n) is 9.65. The van der Waals surface area contributed by atoms with Gasteiger partial charge in [0.1, 0.15) is 0 Å². The summed E-state index contributed by atoms with van der Waals surface area (Å²) < 4.78 is 0. The SMILES string of the molecule is O=C(Nc1cccnc1Cl)C(=O)N1CCNCC1.